The van der Waals surface area contributed by atoms with Crippen molar-refractivity contribution in [3.8, 4) is 23.0 Å². The lowest BCUT2D eigenvalue weighted by Gasteiger charge is -2.33. The lowest BCUT2D eigenvalue weighted by molar-refractivity contribution is -0.120. The van der Waals surface area contributed by atoms with Crippen LogP contribution < -0.4 is 62.3 Å². The molecule has 5 aliphatic rings. The van der Waals surface area contributed by atoms with Crippen LogP contribution in [0.15, 0.2) is 146 Å². The number of rotatable bonds is 28. The Morgan fingerprint density at radius 3 is 1.00 bits per heavy atom. The number of carbonyl (C=O) groups is 3. The second-order valence-corrected chi connectivity index (χ2v) is 34.6. The Hall–Kier alpha value is -10.1. The van der Waals surface area contributed by atoms with Crippen molar-refractivity contribution in [3.63, 3.8) is 0 Å². The Bertz CT molecular complexity index is 4930. The molecular weight excluding hydrogens is 1690 g/mol. The first-order chi connectivity index (χ1) is 61.0. The highest BCUT2D eigenvalue weighted by Gasteiger charge is 2.38. The van der Waals surface area contributed by atoms with Gasteiger partial charge in [-0.25, -0.2) is 44.7 Å². The van der Waals surface area contributed by atoms with Crippen LogP contribution >= 0.6 is 0 Å². The van der Waals surface area contributed by atoms with E-state index in [1.807, 2.05) is 93.6 Å². The average Bonchev–Trinajstić information content (AvgIpc) is 1.71. The zero-order chi connectivity index (χ0) is 94.3. The molecule has 0 aliphatic carbocycles. The molecule has 5 aliphatic heterocycles. The molecule has 129 heavy (non-hydrogen) atoms. The van der Waals surface area contributed by atoms with Crippen molar-refractivity contribution in [1.82, 2.24) is 31.9 Å². The van der Waals surface area contributed by atoms with E-state index < -0.39 is 149 Å². The van der Waals surface area contributed by atoms with Gasteiger partial charge in [-0.15, -0.1) is 0 Å². The zero-order valence-electron chi connectivity index (χ0n) is 74.3. The number of alkyl carbamates (subject to hydrolysis) is 2. The number of nitrogens with one attached hydrogen (secondary N) is 6. The maximum Gasteiger partial charge on any atom is 0.407 e. The first-order valence-corrected chi connectivity index (χ1v) is 43.2. The molecule has 13 rings (SSSR count). The van der Waals surface area contributed by atoms with Crippen molar-refractivity contribution in [1.29, 1.82) is 0 Å². The molecule has 1 saturated heterocycles. The lowest BCUT2D eigenvalue weighted by Crippen LogP contribution is -2.51. The maximum atomic E-state index is 13.7. The van der Waals surface area contributed by atoms with Crippen molar-refractivity contribution < 1.29 is 118 Å². The largest absolute Gasteiger partial charge is 0.490 e. The van der Waals surface area contributed by atoms with Gasteiger partial charge in [-0.3, -0.25) is 4.79 Å². The minimum absolute atomic E-state index is 0.0181. The Balaban J connectivity index is 0.000000187. The first kappa shape index (κ1) is 103. The molecular formula is C96H122F8N8O17. The van der Waals surface area contributed by atoms with Gasteiger partial charge in [-0.05, 0) is 210 Å². The normalized spacial score (nSPS) is 20.4. The fourth-order valence-corrected chi connectivity index (χ4v) is 15.0. The van der Waals surface area contributed by atoms with Crippen LogP contribution in [0.25, 0.3) is 0 Å². The molecule has 5 heterocycles. The van der Waals surface area contributed by atoms with Crippen LogP contribution in [0.4, 0.5) is 44.7 Å². The number of benzene rings is 8. The predicted molar refractivity (Wildman–Crippen MR) is 468 cm³/mol. The molecule has 16 atom stereocenters. The Labute approximate surface area is 746 Å². The van der Waals surface area contributed by atoms with E-state index >= 15 is 0 Å². The number of aliphatic hydroxyl groups excluding tert-OH is 7. The molecule has 0 aromatic heterocycles. The topological polar surface area (TPSA) is 385 Å². The quantitative estimate of drug-likeness (QED) is 0.0160. The smallest absolute Gasteiger partial charge is 0.407 e. The summed E-state index contributed by atoms with van der Waals surface area (Å²) in [6.45, 7) is 21.2. The Kier molecular flexibility index (Phi) is 37.9. The van der Waals surface area contributed by atoms with Crippen LogP contribution in [0.1, 0.15) is 167 Å². The van der Waals surface area contributed by atoms with Gasteiger partial charge in [-0.1, -0.05) is 76.2 Å². The molecule has 0 saturated carbocycles. The second-order valence-electron chi connectivity index (χ2n) is 34.6. The van der Waals surface area contributed by atoms with Crippen LogP contribution in [0.2, 0.25) is 0 Å². The number of carbonyl (C=O) groups excluding carboxylic acids is 3. The van der Waals surface area contributed by atoms with Gasteiger partial charge in [0.05, 0.1) is 67.2 Å². The molecule has 0 radical (unpaired) electrons. The third kappa shape index (κ3) is 32.2. The van der Waals surface area contributed by atoms with Gasteiger partial charge in [0.15, 0.2) is 0 Å². The molecule has 0 spiro atoms. The summed E-state index contributed by atoms with van der Waals surface area (Å²) in [7, 11) is 0. The predicted octanol–water partition coefficient (Wildman–Crippen LogP) is 11.1. The molecule has 8 aromatic rings. The molecule has 704 valence electrons. The number of hydrogen-bond acceptors (Lipinski definition) is 22. The van der Waals surface area contributed by atoms with E-state index in [4.69, 9.17) is 44.6 Å². The zero-order valence-corrected chi connectivity index (χ0v) is 74.3. The number of aryl methyl sites for hydroxylation is 4. The van der Waals surface area contributed by atoms with Crippen LogP contribution in [-0.2, 0) is 70.4 Å². The monoisotopic (exact) mass is 1810 g/mol. The number of hydrogen-bond donors (Lipinski definition) is 15. The summed E-state index contributed by atoms with van der Waals surface area (Å²) in [5, 5.41) is 90.5. The summed E-state index contributed by atoms with van der Waals surface area (Å²) in [4.78, 5) is 35.8. The van der Waals surface area contributed by atoms with E-state index in [0.717, 1.165) is 107 Å². The van der Waals surface area contributed by atoms with E-state index in [1.165, 1.54) is 48.9 Å². The first-order valence-electron chi connectivity index (χ1n) is 43.2. The van der Waals surface area contributed by atoms with Crippen LogP contribution in [0.5, 0.6) is 23.0 Å². The highest BCUT2D eigenvalue weighted by molar-refractivity contribution is 5.73. The highest BCUT2D eigenvalue weighted by atomic mass is 19.2. The number of nitrogens with two attached hydrogens (primary N) is 2. The summed E-state index contributed by atoms with van der Waals surface area (Å²) in [5.74, 6) is -3.13. The number of epoxide rings is 1. The van der Waals surface area contributed by atoms with E-state index in [0.29, 0.717) is 47.2 Å². The van der Waals surface area contributed by atoms with Gasteiger partial charge in [0.25, 0.3) is 0 Å². The minimum atomic E-state index is -1.17. The molecule has 17 N–H and O–H groups in total. The van der Waals surface area contributed by atoms with Crippen molar-refractivity contribution in [3.05, 3.63) is 259 Å². The van der Waals surface area contributed by atoms with E-state index in [-0.39, 0.29) is 94.8 Å². The van der Waals surface area contributed by atoms with Crippen molar-refractivity contribution >= 4 is 18.1 Å². The number of fused-ring (bicyclic) bond motifs is 4. The van der Waals surface area contributed by atoms with Gasteiger partial charge in [0, 0.05) is 79.1 Å². The van der Waals surface area contributed by atoms with E-state index in [9.17, 15) is 85.3 Å². The summed E-state index contributed by atoms with van der Waals surface area (Å²) < 4.78 is 145. The SMILES string of the molecule is CC(C)(C)OC(=O)N[C@@H](Cc1cc(F)cc(F)c1)[C@H]1CO1.CCc1ccc2c(c1)[C@H](N)[C@H](O)CO2.CCc1ccc2c(c1)[C@H](NC[C@@H](O)[C@@H](N)Cc1cc(F)cc(F)c1)[C@H](O)CO2.CCc1ccc2c(c1)[C@H](NC[C@@H](O)[C@H](Cc1cc(F)cc(F)c1)NC(=O)OC(C)(C)C)[C@H](O)CO2.CCc1ccc2c(c1)[C@H](NC[C@@H](O)[C@H](Cc1cc(F)cc(F)c1)NC(C)=O)[C@H](O)CO2. The molecule has 25 nitrogen and oxygen atoms in total. The van der Waals surface area contributed by atoms with Crippen molar-refractivity contribution in [2.45, 2.75) is 236 Å². The van der Waals surface area contributed by atoms with Gasteiger partial charge in [-0.2, -0.15) is 0 Å². The number of halogens is 8. The lowest BCUT2D eigenvalue weighted by atomic mass is 9.94. The summed E-state index contributed by atoms with van der Waals surface area (Å²) >= 11 is 0. The van der Waals surface area contributed by atoms with Gasteiger partial charge in [0.2, 0.25) is 5.91 Å². The third-order valence-corrected chi connectivity index (χ3v) is 21.7. The Morgan fingerprint density at radius 2 is 0.682 bits per heavy atom. The average molecular weight is 1810 g/mol. The Morgan fingerprint density at radius 1 is 0.395 bits per heavy atom. The van der Waals surface area contributed by atoms with Gasteiger partial charge >= 0.3 is 12.2 Å². The van der Waals surface area contributed by atoms with Crippen molar-refractivity contribution in [2.24, 2.45) is 11.5 Å². The summed E-state index contributed by atoms with van der Waals surface area (Å²) in [5.41, 5.74) is 19.8. The maximum absolute atomic E-state index is 13.7. The number of aliphatic hydroxyl groups is 7. The molecule has 1 fully saturated rings. The summed E-state index contributed by atoms with van der Waals surface area (Å²) in [6.07, 6.45) is -3.82. The molecule has 3 amide bonds. The van der Waals surface area contributed by atoms with Crippen LogP contribution in [0.3, 0.4) is 0 Å². The standard InChI is InChI=1S/C26H34F2N2O5.C23H28F2N2O4.C21H26F2N2O3.C15H19F2NO3.C11H15NO2/c1-5-15-6-7-23-19(10-15)24(22(32)14-34-23)29-13-21(31)20(30-25(33)35-26(2,3)4)11-16-8-17(27)12-18(28)9-16;1-3-14-4-5-22-18(8-14)23(21(30)12-31-22)26-11-20(29)19(27-13(2)28)9-15-6-16(24)10-17(25)7-15;1-2-12-3-4-20-16(7-12)21(19(27)11-28-20)25-10-18(26)17(24)8-13-5-14(22)9-15(23)6-13;1-15(2,3)21-14(19)18-12(13-8-20-13)6-9-4-10(16)7-11(17)5-9;1-2-7-3-4-10-8(5-7)11(12)9(13)6-14-10/h6-10,12,20-22,24,29,31-32H,5,11,13-14H2,1-4H3,(H,30,33);4-8,10,19-21,23,26,29-30H,3,9,11-12H2,1-2H3,(H,27,28);3-7,9,17-19,21,25-27H,2,8,10-11,24H2,1H3;4-5,7,12-13H,6,8H2,1-3H3,(H,18,19);3-5,9,11,13H,2,6,12H2,1H3/t20-,21+,22+,24-;19-,20+,21+,23-;17-,18+,19+,21-;12-,13+;9-,11+/m00001/s1. The highest BCUT2D eigenvalue weighted by Crippen LogP contribution is 2.38. The summed E-state index contributed by atoms with van der Waals surface area (Å²) in [6, 6.07) is 31.6. The molecule has 0 bridgehead atoms. The molecule has 8 aromatic carbocycles. The van der Waals surface area contributed by atoms with E-state index in [1.54, 1.807) is 41.5 Å². The second kappa shape index (κ2) is 47.6. The third-order valence-electron chi connectivity index (χ3n) is 21.7. The van der Waals surface area contributed by atoms with Crippen molar-refractivity contribution in [2.75, 3.05) is 52.7 Å². The fourth-order valence-electron chi connectivity index (χ4n) is 15.0. The number of amides is 3. The molecule has 0 unspecified atom stereocenters. The van der Waals surface area contributed by atoms with Gasteiger partial charge < -0.3 is 112 Å². The van der Waals surface area contributed by atoms with Gasteiger partial charge in [0.1, 0.15) is 138 Å². The van der Waals surface area contributed by atoms with Crippen LogP contribution in [0, 0.1) is 46.5 Å². The fraction of sp³-hybridized carbons (Fsp3) is 0.469. The minimum Gasteiger partial charge on any atom is -0.490 e. The van der Waals surface area contributed by atoms with E-state index in [2.05, 4.69) is 38.8 Å². The van der Waals surface area contributed by atoms with Crippen LogP contribution in [-0.4, -0.2) is 191 Å². The molecule has 33 heteroatoms. The number of ether oxygens (including phenoxy) is 7.